The number of nitrogens with zero attached hydrogens (tertiary/aromatic N) is 1. The van der Waals surface area contributed by atoms with Crippen LogP contribution in [0.25, 0.3) is 6.08 Å². The van der Waals surface area contributed by atoms with Gasteiger partial charge in [-0.1, -0.05) is 15.9 Å². The van der Waals surface area contributed by atoms with Crippen molar-refractivity contribution in [3.8, 4) is 11.8 Å². The Labute approximate surface area is 121 Å². The highest BCUT2D eigenvalue weighted by molar-refractivity contribution is 9.11. The summed E-state index contributed by atoms with van der Waals surface area (Å²) in [4.78, 5) is 11.3. The molecule has 0 unspecified atom stereocenters. The average molecular weight is 375 g/mol. The number of hydrogen-bond donors (Lipinski definition) is 0. The van der Waals surface area contributed by atoms with E-state index >= 15 is 0 Å². The third kappa shape index (κ3) is 3.34. The van der Waals surface area contributed by atoms with Gasteiger partial charge in [0.25, 0.3) is 0 Å². The summed E-state index contributed by atoms with van der Waals surface area (Å²) in [5.74, 6) is -0.148. The fraction of sp³-hybridized carbons (Fsp3) is 0.167. The van der Waals surface area contributed by atoms with Crippen molar-refractivity contribution in [1.29, 1.82) is 5.26 Å². The van der Waals surface area contributed by atoms with Crippen LogP contribution in [0, 0.1) is 11.3 Å². The normalized spacial score (nSPS) is 10.7. The number of rotatable bonds is 3. The Morgan fingerprint density at radius 3 is 2.56 bits per heavy atom. The molecule has 0 amide bonds. The zero-order valence-corrected chi connectivity index (χ0v) is 12.8. The van der Waals surface area contributed by atoms with Crippen LogP contribution in [-0.2, 0) is 9.53 Å². The Morgan fingerprint density at radius 2 is 2.06 bits per heavy atom. The zero-order valence-electron chi connectivity index (χ0n) is 9.66. The van der Waals surface area contributed by atoms with Crippen LogP contribution in [-0.4, -0.2) is 20.2 Å². The standard InChI is InChI=1S/C12H9Br2NO3/c1-17-11-7(4-9(13)5-10(11)14)3-8(6-15)12(16)18-2/h3-5H,1-2H3/b8-3+. The van der Waals surface area contributed by atoms with Crippen LogP contribution in [0.2, 0.25) is 0 Å². The summed E-state index contributed by atoms with van der Waals surface area (Å²) in [6, 6.07) is 5.34. The number of benzene rings is 1. The lowest BCUT2D eigenvalue weighted by atomic mass is 10.1. The van der Waals surface area contributed by atoms with E-state index in [1.54, 1.807) is 18.2 Å². The van der Waals surface area contributed by atoms with Crippen LogP contribution in [0.15, 0.2) is 26.7 Å². The van der Waals surface area contributed by atoms with Crippen molar-refractivity contribution in [2.24, 2.45) is 0 Å². The molecule has 4 nitrogen and oxygen atoms in total. The van der Waals surface area contributed by atoms with Crippen LogP contribution in [0.1, 0.15) is 5.56 Å². The third-order valence-corrected chi connectivity index (χ3v) is 3.11. The van der Waals surface area contributed by atoms with Crippen LogP contribution < -0.4 is 4.74 Å². The second kappa shape index (κ2) is 6.57. The predicted octanol–water partition coefficient (Wildman–Crippen LogP) is 3.30. The number of halogens is 2. The van der Waals surface area contributed by atoms with E-state index in [0.29, 0.717) is 15.8 Å². The van der Waals surface area contributed by atoms with E-state index in [2.05, 4.69) is 36.6 Å². The molecule has 94 valence electrons. The van der Waals surface area contributed by atoms with Crippen LogP contribution in [0.3, 0.4) is 0 Å². The first-order valence-electron chi connectivity index (χ1n) is 4.76. The second-order valence-electron chi connectivity index (χ2n) is 3.17. The summed E-state index contributed by atoms with van der Waals surface area (Å²) in [5, 5.41) is 8.91. The van der Waals surface area contributed by atoms with Gasteiger partial charge in [0.15, 0.2) is 0 Å². The highest BCUT2D eigenvalue weighted by atomic mass is 79.9. The van der Waals surface area contributed by atoms with E-state index in [4.69, 9.17) is 10.00 Å². The smallest absolute Gasteiger partial charge is 0.348 e. The van der Waals surface area contributed by atoms with Crippen molar-refractivity contribution >= 4 is 43.9 Å². The maximum Gasteiger partial charge on any atom is 0.348 e. The number of hydrogen-bond acceptors (Lipinski definition) is 4. The van der Waals surface area contributed by atoms with Gasteiger partial charge in [0.1, 0.15) is 17.4 Å². The predicted molar refractivity (Wildman–Crippen MR) is 74.0 cm³/mol. The first kappa shape index (κ1) is 14.7. The number of carbonyl (C=O) groups is 1. The molecule has 1 aromatic carbocycles. The molecule has 0 radical (unpaired) electrons. The van der Waals surface area contributed by atoms with E-state index in [-0.39, 0.29) is 5.57 Å². The number of carbonyl (C=O) groups excluding carboxylic acids is 1. The van der Waals surface area contributed by atoms with Gasteiger partial charge in [0, 0.05) is 10.0 Å². The summed E-state index contributed by atoms with van der Waals surface area (Å²) < 4.78 is 11.2. The summed E-state index contributed by atoms with van der Waals surface area (Å²) in [6.07, 6.45) is 1.42. The molecule has 0 aliphatic heterocycles. The topological polar surface area (TPSA) is 59.3 Å². The highest BCUT2D eigenvalue weighted by Crippen LogP contribution is 2.34. The van der Waals surface area contributed by atoms with Gasteiger partial charge in [0.2, 0.25) is 0 Å². The highest BCUT2D eigenvalue weighted by Gasteiger charge is 2.13. The number of ether oxygens (including phenoxy) is 2. The van der Waals surface area contributed by atoms with Crippen molar-refractivity contribution in [3.63, 3.8) is 0 Å². The molecule has 0 saturated carbocycles. The SMILES string of the molecule is COC(=O)/C(C#N)=C/c1cc(Br)cc(Br)c1OC. The summed E-state index contributed by atoms with van der Waals surface area (Å²) in [6.45, 7) is 0. The molecule has 0 saturated heterocycles. The second-order valence-corrected chi connectivity index (χ2v) is 4.94. The monoisotopic (exact) mass is 373 g/mol. The number of nitriles is 1. The zero-order chi connectivity index (χ0) is 13.7. The van der Waals surface area contributed by atoms with Gasteiger partial charge in [-0.3, -0.25) is 0 Å². The number of methoxy groups -OCH3 is 2. The van der Waals surface area contributed by atoms with Crippen molar-refractivity contribution in [2.45, 2.75) is 0 Å². The molecule has 0 atom stereocenters. The average Bonchev–Trinajstić information content (AvgIpc) is 2.34. The fourth-order valence-corrected chi connectivity index (χ4v) is 2.73. The van der Waals surface area contributed by atoms with Gasteiger partial charge in [-0.05, 0) is 34.1 Å². The minimum atomic E-state index is -0.685. The maximum absolute atomic E-state index is 11.3. The first-order valence-corrected chi connectivity index (χ1v) is 6.35. The largest absolute Gasteiger partial charge is 0.495 e. The van der Waals surface area contributed by atoms with Gasteiger partial charge < -0.3 is 9.47 Å². The molecule has 0 aromatic heterocycles. The Hall–Kier alpha value is -1.32. The Kier molecular flexibility index (Phi) is 5.38. The van der Waals surface area contributed by atoms with Crippen molar-refractivity contribution in [2.75, 3.05) is 14.2 Å². The quantitative estimate of drug-likeness (QED) is 0.462. The minimum absolute atomic E-state index is 0.0965. The molecule has 0 spiro atoms. The third-order valence-electron chi connectivity index (χ3n) is 2.07. The van der Waals surface area contributed by atoms with Gasteiger partial charge in [-0.25, -0.2) is 4.79 Å². The Balaban J connectivity index is 3.37. The van der Waals surface area contributed by atoms with Gasteiger partial charge in [-0.15, -0.1) is 0 Å². The molecule has 0 bridgehead atoms. The fourth-order valence-electron chi connectivity index (χ4n) is 1.31. The van der Waals surface area contributed by atoms with E-state index < -0.39 is 5.97 Å². The summed E-state index contributed by atoms with van der Waals surface area (Å²) >= 11 is 6.67. The maximum atomic E-state index is 11.3. The molecule has 0 heterocycles. The van der Waals surface area contributed by atoms with Crippen molar-refractivity contribution < 1.29 is 14.3 Å². The van der Waals surface area contributed by atoms with Crippen LogP contribution in [0.5, 0.6) is 5.75 Å². The van der Waals surface area contributed by atoms with Crippen molar-refractivity contribution in [1.82, 2.24) is 0 Å². The molecular formula is C12H9Br2NO3. The molecule has 1 rings (SSSR count). The lowest BCUT2D eigenvalue weighted by Crippen LogP contribution is -2.03. The molecular weight excluding hydrogens is 366 g/mol. The van der Waals surface area contributed by atoms with Crippen LogP contribution in [0.4, 0.5) is 0 Å². The Bertz CT molecular complexity index is 547. The van der Waals surface area contributed by atoms with E-state index in [0.717, 1.165) is 4.47 Å². The number of esters is 1. The van der Waals surface area contributed by atoms with E-state index in [9.17, 15) is 4.79 Å². The lowest BCUT2D eigenvalue weighted by molar-refractivity contribution is -0.135. The molecule has 0 N–H and O–H groups in total. The molecule has 18 heavy (non-hydrogen) atoms. The Morgan fingerprint density at radius 1 is 1.39 bits per heavy atom. The molecule has 0 aliphatic rings. The molecule has 0 fully saturated rings. The summed E-state index contributed by atoms with van der Waals surface area (Å²) in [7, 11) is 2.73. The first-order chi connectivity index (χ1) is 8.53. The van der Waals surface area contributed by atoms with Gasteiger partial charge in [-0.2, -0.15) is 5.26 Å². The molecule has 1 aromatic rings. The van der Waals surface area contributed by atoms with E-state index in [1.807, 2.05) is 0 Å². The molecule has 0 aliphatic carbocycles. The van der Waals surface area contributed by atoms with E-state index in [1.165, 1.54) is 20.3 Å². The lowest BCUT2D eigenvalue weighted by Gasteiger charge is -2.08. The minimum Gasteiger partial charge on any atom is -0.495 e. The summed E-state index contributed by atoms with van der Waals surface area (Å²) in [5.41, 5.74) is 0.501. The van der Waals surface area contributed by atoms with Crippen LogP contribution >= 0.6 is 31.9 Å². The molecule has 6 heteroatoms. The van der Waals surface area contributed by atoms with Crippen molar-refractivity contribution in [3.05, 3.63) is 32.2 Å². The van der Waals surface area contributed by atoms with Gasteiger partial charge in [0.05, 0.1) is 18.7 Å². The van der Waals surface area contributed by atoms with Gasteiger partial charge >= 0.3 is 5.97 Å².